The highest BCUT2D eigenvalue weighted by Gasteiger charge is 2.35. The van der Waals surface area contributed by atoms with Crippen LogP contribution in [0.1, 0.15) is 25.0 Å². The number of hydrogen-bond donors (Lipinski definition) is 1. The molecule has 0 aromatic heterocycles. The Labute approximate surface area is 277 Å². The van der Waals surface area contributed by atoms with Gasteiger partial charge in [-0.2, -0.15) is 0 Å². The van der Waals surface area contributed by atoms with Crippen molar-refractivity contribution in [2.24, 2.45) is 0 Å². The number of halogens is 4. The molecule has 236 valence electrons. The van der Waals surface area contributed by atoms with E-state index in [1.54, 1.807) is 50.2 Å². The first-order valence-electron chi connectivity index (χ1n) is 14.0. The van der Waals surface area contributed by atoms with Gasteiger partial charge in [-0.05, 0) is 67.4 Å². The minimum absolute atomic E-state index is 0.0284. The van der Waals surface area contributed by atoms with Gasteiger partial charge in [0.25, 0.3) is 10.0 Å². The Morgan fingerprint density at radius 1 is 0.800 bits per heavy atom. The van der Waals surface area contributed by atoms with Gasteiger partial charge >= 0.3 is 0 Å². The highest BCUT2D eigenvalue weighted by atomic mass is 35.5. The lowest BCUT2D eigenvalue weighted by Gasteiger charge is -2.34. The summed E-state index contributed by atoms with van der Waals surface area (Å²) in [5, 5.41) is 3.13. The summed E-state index contributed by atoms with van der Waals surface area (Å²) < 4.78 is 43.0. The van der Waals surface area contributed by atoms with E-state index in [0.717, 1.165) is 22.0 Å². The summed E-state index contributed by atoms with van der Waals surface area (Å²) in [6, 6.07) is 23.6. The summed E-state index contributed by atoms with van der Waals surface area (Å²) in [4.78, 5) is 29.4. The molecule has 4 aromatic carbocycles. The number of nitrogens with zero attached hydrogens (tertiary/aromatic N) is 2. The van der Waals surface area contributed by atoms with Crippen molar-refractivity contribution in [3.8, 4) is 0 Å². The maximum absolute atomic E-state index is 14.4. The van der Waals surface area contributed by atoms with Gasteiger partial charge in [-0.3, -0.25) is 13.9 Å². The first-order valence-corrected chi connectivity index (χ1v) is 16.5. The second-order valence-electron chi connectivity index (χ2n) is 10.6. The number of hydrogen-bond acceptors (Lipinski definition) is 4. The van der Waals surface area contributed by atoms with Crippen LogP contribution >= 0.6 is 34.8 Å². The number of carbonyl (C=O) groups excluding carboxylic acids is 2. The van der Waals surface area contributed by atoms with Crippen LogP contribution in [0.15, 0.2) is 102 Å². The molecule has 1 N–H and O–H groups in total. The molecule has 2 amide bonds. The lowest BCUT2D eigenvalue weighted by Crippen LogP contribution is -2.54. The van der Waals surface area contributed by atoms with E-state index in [-0.39, 0.29) is 39.6 Å². The van der Waals surface area contributed by atoms with E-state index < -0.39 is 40.2 Å². The summed E-state index contributed by atoms with van der Waals surface area (Å²) in [6.45, 7) is 2.78. The minimum Gasteiger partial charge on any atom is -0.352 e. The molecular weight excluding hydrogens is 660 g/mol. The molecule has 7 nitrogen and oxygen atoms in total. The molecule has 4 rings (SSSR count). The van der Waals surface area contributed by atoms with Crippen molar-refractivity contribution >= 4 is 62.3 Å². The summed E-state index contributed by atoms with van der Waals surface area (Å²) in [5.74, 6) is -1.87. The number of benzene rings is 4. The lowest BCUT2D eigenvalue weighted by molar-refractivity contribution is -0.140. The highest BCUT2D eigenvalue weighted by Crippen LogP contribution is 2.29. The van der Waals surface area contributed by atoms with E-state index in [1.807, 2.05) is 30.3 Å². The molecule has 0 aliphatic heterocycles. The summed E-state index contributed by atoms with van der Waals surface area (Å²) >= 11 is 18.5. The molecule has 45 heavy (non-hydrogen) atoms. The van der Waals surface area contributed by atoms with Crippen LogP contribution in [0.3, 0.4) is 0 Å². The van der Waals surface area contributed by atoms with E-state index in [0.29, 0.717) is 10.6 Å². The van der Waals surface area contributed by atoms with Gasteiger partial charge in [-0.25, -0.2) is 12.8 Å². The monoisotopic (exact) mass is 689 g/mol. The predicted molar refractivity (Wildman–Crippen MR) is 177 cm³/mol. The smallest absolute Gasteiger partial charge is 0.264 e. The fourth-order valence-electron chi connectivity index (χ4n) is 4.66. The number of amides is 2. The van der Waals surface area contributed by atoms with Gasteiger partial charge in [0.05, 0.1) is 25.7 Å². The molecule has 0 saturated carbocycles. The van der Waals surface area contributed by atoms with Crippen molar-refractivity contribution in [3.63, 3.8) is 0 Å². The molecule has 0 aliphatic carbocycles. The van der Waals surface area contributed by atoms with E-state index in [9.17, 15) is 22.4 Å². The van der Waals surface area contributed by atoms with Crippen molar-refractivity contribution in [1.29, 1.82) is 0 Å². The van der Waals surface area contributed by atoms with Crippen LogP contribution in [-0.2, 0) is 32.6 Å². The summed E-state index contributed by atoms with van der Waals surface area (Å²) in [7, 11) is -4.36. The number of nitrogens with one attached hydrogen (secondary N) is 1. The van der Waals surface area contributed by atoms with Gasteiger partial charge in [-0.15, -0.1) is 0 Å². The van der Waals surface area contributed by atoms with Crippen LogP contribution in [-0.4, -0.2) is 43.8 Å². The standard InChI is InChI=1S/C33H31Cl3FN3O4S/c1-22(2)38-33(42)31(18-23-9-5-3-6-10-23)39(20-24-13-15-27(34)28(35)17-24)32(41)21-40(25-14-16-30(37)29(36)19-25)45(43,44)26-11-7-4-8-12-26/h3-17,19,22,31H,18,20-21H2,1-2H3,(H,38,42)/t31-/m0/s1. The second-order valence-corrected chi connectivity index (χ2v) is 13.6. The van der Waals surface area contributed by atoms with Crippen LogP contribution in [0.25, 0.3) is 0 Å². The molecule has 0 saturated heterocycles. The van der Waals surface area contributed by atoms with Crippen molar-refractivity contribution in [2.45, 2.75) is 43.8 Å². The molecule has 0 unspecified atom stereocenters. The van der Waals surface area contributed by atoms with Gasteiger partial charge < -0.3 is 10.2 Å². The zero-order valence-corrected chi connectivity index (χ0v) is 27.5. The predicted octanol–water partition coefficient (Wildman–Crippen LogP) is 7.15. The van der Waals surface area contributed by atoms with E-state index in [1.165, 1.54) is 23.1 Å². The Kier molecular flexibility index (Phi) is 11.5. The first-order chi connectivity index (χ1) is 21.4. The Bertz CT molecular complexity index is 1760. The molecule has 0 heterocycles. The van der Waals surface area contributed by atoms with Crippen LogP contribution in [0.5, 0.6) is 0 Å². The molecule has 12 heteroatoms. The normalized spacial score (nSPS) is 12.1. The molecule has 4 aromatic rings. The Morgan fingerprint density at radius 3 is 2.04 bits per heavy atom. The average molecular weight is 691 g/mol. The molecule has 0 spiro atoms. The Morgan fingerprint density at radius 2 is 1.44 bits per heavy atom. The van der Waals surface area contributed by atoms with E-state index in [4.69, 9.17) is 34.8 Å². The SMILES string of the molecule is CC(C)NC(=O)[C@H](Cc1ccccc1)N(Cc1ccc(Cl)c(Cl)c1)C(=O)CN(c1ccc(F)c(Cl)c1)S(=O)(=O)c1ccccc1. The third kappa shape index (κ3) is 8.76. The number of sulfonamides is 1. The third-order valence-electron chi connectivity index (χ3n) is 6.84. The van der Waals surface area contributed by atoms with E-state index in [2.05, 4.69) is 5.32 Å². The van der Waals surface area contributed by atoms with Crippen molar-refractivity contribution < 1.29 is 22.4 Å². The molecule has 0 radical (unpaired) electrons. The van der Waals surface area contributed by atoms with Crippen molar-refractivity contribution in [3.05, 3.63) is 129 Å². The highest BCUT2D eigenvalue weighted by molar-refractivity contribution is 7.92. The number of carbonyl (C=O) groups is 2. The molecule has 1 atom stereocenters. The second kappa shape index (κ2) is 15.1. The van der Waals surface area contributed by atoms with Gasteiger partial charge in [0, 0.05) is 19.0 Å². The zero-order valence-electron chi connectivity index (χ0n) is 24.5. The quantitative estimate of drug-likeness (QED) is 0.171. The minimum atomic E-state index is -4.36. The molecular formula is C33H31Cl3FN3O4S. The van der Waals surface area contributed by atoms with Crippen molar-refractivity contribution in [1.82, 2.24) is 10.2 Å². The summed E-state index contributed by atoms with van der Waals surface area (Å²) in [5.41, 5.74) is 1.32. The van der Waals surface area contributed by atoms with Crippen molar-refractivity contribution in [2.75, 3.05) is 10.8 Å². The van der Waals surface area contributed by atoms with E-state index >= 15 is 0 Å². The average Bonchev–Trinajstić information content (AvgIpc) is 3.01. The van der Waals surface area contributed by atoms with Gasteiger partial charge in [0.2, 0.25) is 11.8 Å². The summed E-state index contributed by atoms with van der Waals surface area (Å²) in [6.07, 6.45) is 0.139. The fraction of sp³-hybridized carbons (Fsp3) is 0.212. The van der Waals surface area contributed by atoms with Gasteiger partial charge in [0.1, 0.15) is 18.4 Å². The lowest BCUT2D eigenvalue weighted by atomic mass is 10.0. The largest absolute Gasteiger partial charge is 0.352 e. The number of anilines is 1. The fourth-order valence-corrected chi connectivity index (χ4v) is 6.58. The Balaban J connectivity index is 1.83. The zero-order chi connectivity index (χ0) is 32.7. The molecule has 0 aliphatic rings. The van der Waals surface area contributed by atoms with Crippen LogP contribution in [0, 0.1) is 5.82 Å². The van der Waals surface area contributed by atoms with Crippen LogP contribution < -0.4 is 9.62 Å². The van der Waals surface area contributed by atoms with Gasteiger partial charge in [0.15, 0.2) is 0 Å². The Hall–Kier alpha value is -3.63. The van der Waals surface area contributed by atoms with Crippen LogP contribution in [0.4, 0.5) is 10.1 Å². The van der Waals surface area contributed by atoms with Gasteiger partial charge in [-0.1, -0.05) is 89.4 Å². The maximum Gasteiger partial charge on any atom is 0.264 e. The molecule has 0 bridgehead atoms. The maximum atomic E-state index is 14.4. The third-order valence-corrected chi connectivity index (χ3v) is 9.66. The van der Waals surface area contributed by atoms with Crippen LogP contribution in [0.2, 0.25) is 15.1 Å². The molecule has 0 fully saturated rings. The topological polar surface area (TPSA) is 86.8 Å². The first kappa shape index (κ1) is 34.2. The number of rotatable bonds is 12.